The van der Waals surface area contributed by atoms with Crippen LogP contribution in [0.1, 0.15) is 63.5 Å². The van der Waals surface area contributed by atoms with Gasteiger partial charge in [0.05, 0.1) is 5.56 Å². The van der Waals surface area contributed by atoms with Crippen LogP contribution in [0.2, 0.25) is 0 Å². The molecule has 0 saturated carbocycles. The van der Waals surface area contributed by atoms with Gasteiger partial charge in [0.2, 0.25) is 5.13 Å². The van der Waals surface area contributed by atoms with Crippen LogP contribution in [0.4, 0.5) is 28.4 Å². The molecular formula is C26H29F4N3O2S. The smallest absolute Gasteiger partial charge is 0.416 e. The van der Waals surface area contributed by atoms with E-state index in [0.29, 0.717) is 23.3 Å². The molecule has 1 atom stereocenters. The highest BCUT2D eigenvalue weighted by Gasteiger charge is 2.35. The Bertz CT molecular complexity index is 1150. The summed E-state index contributed by atoms with van der Waals surface area (Å²) >= 11 is 0.574. The molecule has 10 heteroatoms. The Hall–Kier alpha value is -3.01. The number of halogens is 4. The molecule has 36 heavy (non-hydrogen) atoms. The van der Waals surface area contributed by atoms with Crippen molar-refractivity contribution in [2.45, 2.75) is 71.0 Å². The maximum Gasteiger partial charge on any atom is 0.416 e. The van der Waals surface area contributed by atoms with Crippen molar-refractivity contribution in [3.63, 3.8) is 0 Å². The molecule has 0 spiro atoms. The van der Waals surface area contributed by atoms with Crippen LogP contribution < -0.4 is 4.90 Å². The molecule has 194 valence electrons. The standard InChI is InChI=1S/C26H29F4N3O2S/c1-3-4-5-6-7-8-10-18-12-13-20(15-21(18)26(28,29)30)33(17(2)24(34)35)25-32-22(23(27)36-25)19-11-9-14-31-16-19/h9,11-17H,3-8,10H2,1-2H3,(H,34,35). The fourth-order valence-corrected chi connectivity index (χ4v) is 4.90. The van der Waals surface area contributed by atoms with E-state index in [9.17, 15) is 27.5 Å². The number of hydrogen-bond donors (Lipinski definition) is 1. The molecule has 1 aromatic carbocycles. The lowest BCUT2D eigenvalue weighted by molar-refractivity contribution is -0.138. The van der Waals surface area contributed by atoms with Crippen molar-refractivity contribution >= 4 is 28.1 Å². The molecule has 3 aromatic rings. The van der Waals surface area contributed by atoms with Gasteiger partial charge >= 0.3 is 12.1 Å². The fourth-order valence-electron chi connectivity index (χ4n) is 3.98. The predicted molar refractivity (Wildman–Crippen MR) is 133 cm³/mol. The van der Waals surface area contributed by atoms with Gasteiger partial charge in [0.25, 0.3) is 0 Å². The minimum atomic E-state index is -4.62. The number of anilines is 2. The first kappa shape index (κ1) is 27.6. The SMILES string of the molecule is CCCCCCCCc1ccc(N(c2nc(-c3cccnc3)c(F)s2)C(C)C(=O)O)cc1C(F)(F)F. The number of unbranched alkanes of at least 4 members (excludes halogenated alkanes) is 5. The summed E-state index contributed by atoms with van der Waals surface area (Å²) in [4.78, 5) is 21.2. The average molecular weight is 524 g/mol. The molecule has 1 unspecified atom stereocenters. The minimum absolute atomic E-state index is 0.0181. The zero-order valence-electron chi connectivity index (χ0n) is 20.2. The van der Waals surface area contributed by atoms with E-state index in [-0.39, 0.29) is 28.5 Å². The molecule has 2 aromatic heterocycles. The molecule has 3 rings (SSSR count). The minimum Gasteiger partial charge on any atom is -0.480 e. The summed E-state index contributed by atoms with van der Waals surface area (Å²) in [7, 11) is 0. The highest BCUT2D eigenvalue weighted by Crippen LogP contribution is 2.40. The number of nitrogens with zero attached hydrogens (tertiary/aromatic N) is 3. The molecule has 0 aliphatic rings. The van der Waals surface area contributed by atoms with Crippen molar-refractivity contribution in [3.05, 3.63) is 59.0 Å². The number of aromatic nitrogens is 2. The van der Waals surface area contributed by atoms with E-state index in [1.165, 1.54) is 31.5 Å². The molecule has 2 heterocycles. The van der Waals surface area contributed by atoms with E-state index in [4.69, 9.17) is 0 Å². The summed E-state index contributed by atoms with van der Waals surface area (Å²) < 4.78 is 56.8. The Morgan fingerprint density at radius 3 is 2.50 bits per heavy atom. The van der Waals surface area contributed by atoms with Crippen LogP contribution in [-0.2, 0) is 17.4 Å². The zero-order chi connectivity index (χ0) is 26.3. The van der Waals surface area contributed by atoms with Crippen molar-refractivity contribution in [3.8, 4) is 11.3 Å². The quantitative estimate of drug-likeness (QED) is 0.193. The van der Waals surface area contributed by atoms with E-state index < -0.39 is 28.9 Å². The summed E-state index contributed by atoms with van der Waals surface area (Å²) in [5, 5.41) is 8.92. The number of hydrogen-bond acceptors (Lipinski definition) is 5. The average Bonchev–Trinajstić information content (AvgIpc) is 3.22. The van der Waals surface area contributed by atoms with Gasteiger partial charge in [-0.3, -0.25) is 4.98 Å². The van der Waals surface area contributed by atoms with Gasteiger partial charge in [0.15, 0.2) is 5.13 Å². The number of alkyl halides is 3. The lowest BCUT2D eigenvalue weighted by Gasteiger charge is -2.27. The summed E-state index contributed by atoms with van der Waals surface area (Å²) in [5.41, 5.74) is -0.339. The van der Waals surface area contributed by atoms with Crippen LogP contribution in [0.5, 0.6) is 0 Å². The molecule has 0 fully saturated rings. The molecule has 0 aliphatic heterocycles. The first-order valence-corrected chi connectivity index (χ1v) is 12.7. The summed E-state index contributed by atoms with van der Waals surface area (Å²) in [6, 6.07) is 5.68. The molecular weight excluding hydrogens is 494 g/mol. The second kappa shape index (κ2) is 12.3. The summed E-state index contributed by atoms with van der Waals surface area (Å²) in [5.74, 6) is -1.28. The fraction of sp³-hybridized carbons (Fsp3) is 0.423. The molecule has 1 N–H and O–H groups in total. The Kier molecular flexibility index (Phi) is 9.42. The molecule has 0 amide bonds. The Balaban J connectivity index is 1.97. The van der Waals surface area contributed by atoms with E-state index in [1.54, 1.807) is 12.1 Å². The van der Waals surface area contributed by atoms with Crippen molar-refractivity contribution < 1.29 is 27.5 Å². The van der Waals surface area contributed by atoms with Crippen LogP contribution in [0.25, 0.3) is 11.3 Å². The number of rotatable bonds is 12. The number of carboxylic acids is 1. The van der Waals surface area contributed by atoms with Crippen molar-refractivity contribution in [2.75, 3.05) is 4.90 Å². The third-order valence-corrected chi connectivity index (χ3v) is 6.78. The number of thiazole rings is 1. The number of carbonyl (C=O) groups is 1. The van der Waals surface area contributed by atoms with Crippen LogP contribution in [-0.4, -0.2) is 27.1 Å². The molecule has 0 bridgehead atoms. The van der Waals surface area contributed by atoms with E-state index >= 15 is 0 Å². The number of aliphatic carboxylic acids is 1. The normalized spacial score (nSPS) is 12.5. The molecule has 0 saturated heterocycles. The van der Waals surface area contributed by atoms with Crippen LogP contribution in [0.15, 0.2) is 42.7 Å². The van der Waals surface area contributed by atoms with Crippen LogP contribution in [0.3, 0.4) is 0 Å². The van der Waals surface area contributed by atoms with Crippen molar-refractivity contribution in [2.24, 2.45) is 0 Å². The summed E-state index contributed by atoms with van der Waals surface area (Å²) in [6.45, 7) is 3.42. The second-order valence-corrected chi connectivity index (χ2v) is 9.53. The van der Waals surface area contributed by atoms with E-state index in [1.807, 2.05) is 0 Å². The van der Waals surface area contributed by atoms with Gasteiger partial charge in [-0.1, -0.05) is 56.4 Å². The lowest BCUT2D eigenvalue weighted by atomic mass is 9.99. The third-order valence-electron chi connectivity index (χ3n) is 5.94. The number of benzene rings is 1. The topological polar surface area (TPSA) is 66.3 Å². The number of carboxylic acid groups (broad SMARTS) is 1. The van der Waals surface area contributed by atoms with Gasteiger partial charge in [-0.25, -0.2) is 9.78 Å². The van der Waals surface area contributed by atoms with Crippen molar-refractivity contribution in [1.29, 1.82) is 0 Å². The van der Waals surface area contributed by atoms with Crippen LogP contribution >= 0.6 is 11.3 Å². The monoisotopic (exact) mass is 523 g/mol. The molecule has 0 aliphatic carbocycles. The Morgan fingerprint density at radius 2 is 1.86 bits per heavy atom. The van der Waals surface area contributed by atoms with E-state index in [0.717, 1.165) is 43.1 Å². The van der Waals surface area contributed by atoms with Gasteiger partial charge in [-0.2, -0.15) is 17.6 Å². The number of aryl methyl sites for hydroxylation is 1. The predicted octanol–water partition coefficient (Wildman–Crippen LogP) is 7.88. The first-order valence-electron chi connectivity index (χ1n) is 11.9. The van der Waals surface area contributed by atoms with Gasteiger partial charge in [-0.05, 0) is 49.6 Å². The van der Waals surface area contributed by atoms with Gasteiger partial charge in [0.1, 0.15) is 11.7 Å². The van der Waals surface area contributed by atoms with Crippen LogP contribution in [0, 0.1) is 5.13 Å². The second-order valence-electron chi connectivity index (χ2n) is 8.60. The molecule has 0 radical (unpaired) electrons. The van der Waals surface area contributed by atoms with Gasteiger partial charge < -0.3 is 10.0 Å². The molecule has 5 nitrogen and oxygen atoms in total. The van der Waals surface area contributed by atoms with Gasteiger partial charge in [-0.15, -0.1) is 0 Å². The Morgan fingerprint density at radius 1 is 1.14 bits per heavy atom. The van der Waals surface area contributed by atoms with Gasteiger partial charge in [0, 0.05) is 23.6 Å². The Labute approximate surface area is 211 Å². The highest BCUT2D eigenvalue weighted by molar-refractivity contribution is 7.14. The lowest BCUT2D eigenvalue weighted by Crippen LogP contribution is -2.35. The highest BCUT2D eigenvalue weighted by atomic mass is 32.1. The first-order chi connectivity index (χ1) is 17.1. The maximum atomic E-state index is 14.8. The van der Waals surface area contributed by atoms with E-state index in [2.05, 4.69) is 16.9 Å². The van der Waals surface area contributed by atoms with Crippen molar-refractivity contribution in [1.82, 2.24) is 9.97 Å². The largest absolute Gasteiger partial charge is 0.480 e. The third kappa shape index (κ3) is 6.81. The summed E-state index contributed by atoms with van der Waals surface area (Å²) in [6.07, 6.45) is 4.29. The zero-order valence-corrected chi connectivity index (χ0v) is 21.0. The number of pyridine rings is 1. The maximum absolute atomic E-state index is 14.8.